The van der Waals surface area contributed by atoms with Crippen LogP contribution in [0.25, 0.3) is 0 Å². The Bertz CT molecular complexity index is 686. The molecule has 1 amide bonds. The Balaban J connectivity index is 2.07. The first-order chi connectivity index (χ1) is 10.4. The van der Waals surface area contributed by atoms with E-state index in [1.54, 1.807) is 25.1 Å². The van der Waals surface area contributed by atoms with Crippen molar-refractivity contribution in [2.75, 3.05) is 11.1 Å². The van der Waals surface area contributed by atoms with Crippen molar-refractivity contribution in [3.63, 3.8) is 0 Å². The molecular formula is C15H13Cl3N2OS. The van der Waals surface area contributed by atoms with Crippen LogP contribution in [0.3, 0.4) is 0 Å². The molecule has 0 spiro atoms. The molecule has 0 aliphatic rings. The summed E-state index contributed by atoms with van der Waals surface area (Å²) in [7, 11) is 0. The third-order valence-corrected chi connectivity index (χ3v) is 5.10. The second-order valence-electron chi connectivity index (χ2n) is 4.53. The summed E-state index contributed by atoms with van der Waals surface area (Å²) in [6.45, 7) is 1.80. The van der Waals surface area contributed by atoms with Gasteiger partial charge in [0.05, 0.1) is 26.0 Å². The van der Waals surface area contributed by atoms with Crippen molar-refractivity contribution in [3.05, 3.63) is 51.5 Å². The van der Waals surface area contributed by atoms with Crippen LogP contribution in [0.1, 0.15) is 6.92 Å². The van der Waals surface area contributed by atoms with Crippen LogP contribution in [0.4, 0.5) is 11.4 Å². The second-order valence-corrected chi connectivity index (χ2v) is 7.14. The average molecular weight is 376 g/mol. The fourth-order valence-electron chi connectivity index (χ4n) is 1.68. The highest BCUT2D eigenvalue weighted by atomic mass is 35.5. The number of halogens is 3. The van der Waals surface area contributed by atoms with Crippen LogP contribution in [0.2, 0.25) is 15.1 Å². The number of anilines is 2. The molecule has 1 unspecified atom stereocenters. The molecule has 3 nitrogen and oxygen atoms in total. The van der Waals surface area contributed by atoms with Gasteiger partial charge in [0.2, 0.25) is 5.91 Å². The van der Waals surface area contributed by atoms with Crippen LogP contribution < -0.4 is 11.1 Å². The molecule has 0 aromatic heterocycles. The molecule has 0 saturated carbocycles. The molecule has 2 aromatic rings. The Morgan fingerprint density at radius 1 is 1.14 bits per heavy atom. The van der Waals surface area contributed by atoms with Gasteiger partial charge in [-0.25, -0.2) is 0 Å². The van der Waals surface area contributed by atoms with Gasteiger partial charge < -0.3 is 11.1 Å². The smallest absolute Gasteiger partial charge is 0.237 e. The normalized spacial score (nSPS) is 12.0. The number of hydrogen-bond donors (Lipinski definition) is 2. The maximum absolute atomic E-state index is 12.2. The second kappa shape index (κ2) is 7.47. The van der Waals surface area contributed by atoms with Gasteiger partial charge in [-0.1, -0.05) is 46.9 Å². The van der Waals surface area contributed by atoms with Crippen LogP contribution in [-0.4, -0.2) is 11.2 Å². The third-order valence-electron chi connectivity index (χ3n) is 2.86. The number of benzene rings is 2. The maximum Gasteiger partial charge on any atom is 0.237 e. The predicted octanol–water partition coefficient (Wildman–Crippen LogP) is 5.35. The minimum Gasteiger partial charge on any atom is -0.396 e. The van der Waals surface area contributed by atoms with E-state index in [9.17, 15) is 4.79 Å². The highest BCUT2D eigenvalue weighted by Crippen LogP contribution is 2.33. The quantitative estimate of drug-likeness (QED) is 0.559. The minimum atomic E-state index is -0.338. The van der Waals surface area contributed by atoms with Gasteiger partial charge in [-0.05, 0) is 31.2 Å². The maximum atomic E-state index is 12.2. The van der Waals surface area contributed by atoms with E-state index < -0.39 is 0 Å². The zero-order chi connectivity index (χ0) is 16.3. The Morgan fingerprint density at radius 2 is 1.73 bits per heavy atom. The van der Waals surface area contributed by atoms with Gasteiger partial charge in [-0.15, -0.1) is 11.8 Å². The average Bonchev–Trinajstić information content (AvgIpc) is 2.47. The molecule has 2 rings (SSSR count). The Labute approximate surface area is 148 Å². The summed E-state index contributed by atoms with van der Waals surface area (Å²) < 4.78 is 0. The first kappa shape index (κ1) is 17.3. The summed E-state index contributed by atoms with van der Waals surface area (Å²) in [6, 6.07) is 10.5. The topological polar surface area (TPSA) is 55.1 Å². The molecular weight excluding hydrogens is 363 g/mol. The van der Waals surface area contributed by atoms with Crippen LogP contribution in [0, 0.1) is 0 Å². The summed E-state index contributed by atoms with van der Waals surface area (Å²) in [5.41, 5.74) is 6.46. The SMILES string of the molecule is CC(Sc1ccccc1Cl)C(=O)Nc1cc(Cl)c(N)c(Cl)c1. The Morgan fingerprint density at radius 3 is 2.32 bits per heavy atom. The number of carbonyl (C=O) groups is 1. The van der Waals surface area contributed by atoms with E-state index in [0.717, 1.165) is 4.90 Å². The van der Waals surface area contributed by atoms with Gasteiger partial charge in [0.25, 0.3) is 0 Å². The zero-order valence-electron chi connectivity index (χ0n) is 11.6. The lowest BCUT2D eigenvalue weighted by Crippen LogP contribution is -2.22. The number of nitrogens with two attached hydrogens (primary N) is 1. The number of thioether (sulfide) groups is 1. The molecule has 0 aliphatic heterocycles. The summed E-state index contributed by atoms with van der Waals surface area (Å²) in [6.07, 6.45) is 0. The summed E-state index contributed by atoms with van der Waals surface area (Å²) in [5, 5.41) is 3.64. The molecule has 0 saturated heterocycles. The summed E-state index contributed by atoms with van der Waals surface area (Å²) in [4.78, 5) is 13.1. The third kappa shape index (κ3) is 4.23. The monoisotopic (exact) mass is 374 g/mol. The lowest BCUT2D eigenvalue weighted by Gasteiger charge is -2.14. The number of nitrogens with one attached hydrogen (secondary N) is 1. The molecule has 7 heteroatoms. The molecule has 0 radical (unpaired) electrons. The van der Waals surface area contributed by atoms with Gasteiger partial charge >= 0.3 is 0 Å². The van der Waals surface area contributed by atoms with Crippen molar-refractivity contribution >= 4 is 63.8 Å². The van der Waals surface area contributed by atoms with Gasteiger partial charge in [0, 0.05) is 10.6 Å². The minimum absolute atomic E-state index is 0.179. The van der Waals surface area contributed by atoms with Crippen molar-refractivity contribution in [3.8, 4) is 0 Å². The van der Waals surface area contributed by atoms with Crippen molar-refractivity contribution in [1.82, 2.24) is 0 Å². The van der Waals surface area contributed by atoms with Gasteiger partial charge in [0.1, 0.15) is 0 Å². The van der Waals surface area contributed by atoms with E-state index in [2.05, 4.69) is 5.32 Å². The first-order valence-electron chi connectivity index (χ1n) is 6.35. The van der Waals surface area contributed by atoms with E-state index in [4.69, 9.17) is 40.5 Å². The van der Waals surface area contributed by atoms with Crippen molar-refractivity contribution in [1.29, 1.82) is 0 Å². The van der Waals surface area contributed by atoms with Crippen LogP contribution in [0.5, 0.6) is 0 Å². The standard InChI is InChI=1S/C15H13Cl3N2OS/c1-8(22-13-5-3-2-4-10(13)16)15(21)20-9-6-11(17)14(19)12(18)7-9/h2-8H,19H2,1H3,(H,20,21). The van der Waals surface area contributed by atoms with E-state index in [0.29, 0.717) is 26.4 Å². The number of carbonyl (C=O) groups excluding carboxylic acids is 1. The van der Waals surface area contributed by atoms with E-state index in [1.807, 2.05) is 18.2 Å². The van der Waals surface area contributed by atoms with E-state index in [-0.39, 0.29) is 11.2 Å². The Hall–Kier alpha value is -1.07. The molecule has 22 heavy (non-hydrogen) atoms. The molecule has 2 aromatic carbocycles. The number of nitrogen functional groups attached to an aromatic ring is 1. The van der Waals surface area contributed by atoms with E-state index in [1.165, 1.54) is 11.8 Å². The van der Waals surface area contributed by atoms with E-state index >= 15 is 0 Å². The molecule has 0 bridgehead atoms. The van der Waals surface area contributed by atoms with Crippen LogP contribution in [0.15, 0.2) is 41.3 Å². The molecule has 3 N–H and O–H groups in total. The molecule has 0 aliphatic carbocycles. The first-order valence-corrected chi connectivity index (χ1v) is 8.36. The molecule has 0 fully saturated rings. The number of hydrogen-bond acceptors (Lipinski definition) is 3. The molecule has 116 valence electrons. The van der Waals surface area contributed by atoms with Crippen molar-refractivity contribution in [2.24, 2.45) is 0 Å². The highest BCUT2D eigenvalue weighted by Gasteiger charge is 2.17. The van der Waals surface area contributed by atoms with Crippen LogP contribution in [-0.2, 0) is 4.79 Å². The zero-order valence-corrected chi connectivity index (χ0v) is 14.7. The van der Waals surface area contributed by atoms with Crippen LogP contribution >= 0.6 is 46.6 Å². The molecule has 1 atom stereocenters. The summed E-state index contributed by atoms with van der Waals surface area (Å²) in [5.74, 6) is -0.179. The predicted molar refractivity (Wildman–Crippen MR) is 96.3 cm³/mol. The van der Waals surface area contributed by atoms with Gasteiger partial charge in [-0.3, -0.25) is 4.79 Å². The lowest BCUT2D eigenvalue weighted by atomic mass is 10.2. The fourth-order valence-corrected chi connectivity index (χ4v) is 3.33. The Kier molecular flexibility index (Phi) is 5.87. The van der Waals surface area contributed by atoms with Gasteiger partial charge in [-0.2, -0.15) is 0 Å². The fraction of sp³-hybridized carbons (Fsp3) is 0.133. The number of rotatable bonds is 4. The van der Waals surface area contributed by atoms with Gasteiger partial charge in [0.15, 0.2) is 0 Å². The van der Waals surface area contributed by atoms with Crippen molar-refractivity contribution < 1.29 is 4.79 Å². The molecule has 0 heterocycles. The van der Waals surface area contributed by atoms with Crippen molar-refractivity contribution in [2.45, 2.75) is 17.1 Å². The lowest BCUT2D eigenvalue weighted by molar-refractivity contribution is -0.115. The summed E-state index contributed by atoms with van der Waals surface area (Å²) >= 11 is 19.4. The highest BCUT2D eigenvalue weighted by molar-refractivity contribution is 8.00. The number of amides is 1. The largest absolute Gasteiger partial charge is 0.396 e.